The molecule has 0 spiro atoms. The van der Waals surface area contributed by atoms with Gasteiger partial charge in [-0.3, -0.25) is 14.4 Å². The second-order valence-electron chi connectivity index (χ2n) is 7.52. The maximum Gasteiger partial charge on any atom is 0.329 e. The lowest BCUT2D eigenvalue weighted by Crippen LogP contribution is -2.38. The Morgan fingerprint density at radius 3 is 2.57 bits per heavy atom. The van der Waals surface area contributed by atoms with Crippen LogP contribution in [0.15, 0.2) is 41.5 Å². The molecule has 0 heterocycles. The topological polar surface area (TPSA) is 127 Å². The summed E-state index contributed by atoms with van der Waals surface area (Å²) in [6.07, 6.45) is 1.97. The number of hydrogen-bond acceptors (Lipinski definition) is 7. The Hall–Kier alpha value is -3.92. The Kier molecular flexibility index (Phi) is 11.2. The fraction of sp³-hybridized carbons (Fsp3) is 0.360. The van der Waals surface area contributed by atoms with Crippen molar-refractivity contribution in [2.45, 2.75) is 27.2 Å². The van der Waals surface area contributed by atoms with E-state index in [4.69, 9.17) is 14.2 Å². The lowest BCUT2D eigenvalue weighted by molar-refractivity contribution is -0.139. The van der Waals surface area contributed by atoms with Crippen molar-refractivity contribution in [3.05, 3.63) is 53.1 Å². The lowest BCUT2D eigenvalue weighted by atomic mass is 10.1. The van der Waals surface area contributed by atoms with Gasteiger partial charge in [-0.05, 0) is 68.1 Å². The molecular formula is C25H32N4O6. The fourth-order valence-electron chi connectivity index (χ4n) is 2.92. The van der Waals surface area contributed by atoms with E-state index in [0.717, 1.165) is 16.8 Å². The van der Waals surface area contributed by atoms with Gasteiger partial charge in [-0.2, -0.15) is 5.10 Å². The molecule has 3 N–H and O–H groups in total. The second-order valence-corrected chi connectivity index (χ2v) is 7.52. The van der Waals surface area contributed by atoms with Gasteiger partial charge in [-0.25, -0.2) is 5.43 Å². The standard InChI is InChI=1S/C25H32N4O6/c1-5-34-22-14-19(15-27-29-25(32)24(31)26-12-7-13-33-4)10-11-21(22)35-16-23(30)28-20-9-6-8-17(2)18(20)3/h6,8-11,14-15H,5,7,12-13,16H2,1-4H3,(H,26,31)(H,28,30)(H,29,32)/b27-15-. The van der Waals surface area contributed by atoms with Crippen LogP contribution in [0, 0.1) is 13.8 Å². The first kappa shape index (κ1) is 27.3. The van der Waals surface area contributed by atoms with Crippen LogP contribution in [0.25, 0.3) is 0 Å². The first-order valence-electron chi connectivity index (χ1n) is 11.2. The van der Waals surface area contributed by atoms with Crippen molar-refractivity contribution in [3.8, 4) is 11.5 Å². The third-order valence-corrected chi connectivity index (χ3v) is 4.90. The average Bonchev–Trinajstić information content (AvgIpc) is 2.84. The lowest BCUT2D eigenvalue weighted by Gasteiger charge is -2.14. The number of nitrogens with zero attached hydrogens (tertiary/aromatic N) is 1. The van der Waals surface area contributed by atoms with E-state index in [9.17, 15) is 14.4 Å². The zero-order valence-corrected chi connectivity index (χ0v) is 20.5. The summed E-state index contributed by atoms with van der Waals surface area (Å²) in [5.74, 6) is -1.15. The third kappa shape index (κ3) is 9.09. The minimum Gasteiger partial charge on any atom is -0.490 e. The minimum absolute atomic E-state index is 0.198. The molecule has 0 aliphatic carbocycles. The molecular weight excluding hydrogens is 452 g/mol. The van der Waals surface area contributed by atoms with E-state index in [-0.39, 0.29) is 12.5 Å². The Balaban J connectivity index is 1.93. The number of ether oxygens (including phenoxy) is 3. The number of carbonyl (C=O) groups is 3. The molecule has 0 saturated carbocycles. The predicted molar refractivity (Wildman–Crippen MR) is 133 cm³/mol. The summed E-state index contributed by atoms with van der Waals surface area (Å²) in [6, 6.07) is 10.7. The van der Waals surface area contributed by atoms with Gasteiger partial charge in [0, 0.05) is 25.9 Å². The molecule has 0 aliphatic heterocycles. The van der Waals surface area contributed by atoms with E-state index in [0.29, 0.717) is 43.2 Å². The van der Waals surface area contributed by atoms with Crippen molar-refractivity contribution in [1.29, 1.82) is 0 Å². The first-order chi connectivity index (χ1) is 16.8. The van der Waals surface area contributed by atoms with Crippen molar-refractivity contribution >= 4 is 29.6 Å². The molecule has 0 fully saturated rings. The molecule has 2 rings (SSSR count). The van der Waals surface area contributed by atoms with E-state index >= 15 is 0 Å². The number of benzene rings is 2. The SMILES string of the molecule is CCOc1cc(/C=N\NC(=O)C(=O)NCCCOC)ccc1OCC(=O)Nc1cccc(C)c1C. The van der Waals surface area contributed by atoms with Crippen molar-refractivity contribution < 1.29 is 28.6 Å². The maximum atomic E-state index is 12.4. The van der Waals surface area contributed by atoms with Gasteiger partial charge in [0.05, 0.1) is 12.8 Å². The molecule has 0 bridgehead atoms. The average molecular weight is 485 g/mol. The number of anilines is 1. The van der Waals surface area contributed by atoms with Crippen LogP contribution < -0.4 is 25.5 Å². The number of rotatable bonds is 12. The highest BCUT2D eigenvalue weighted by atomic mass is 16.5. The molecule has 0 atom stereocenters. The van der Waals surface area contributed by atoms with Gasteiger partial charge in [-0.15, -0.1) is 0 Å². The Morgan fingerprint density at radius 1 is 1.03 bits per heavy atom. The number of nitrogens with one attached hydrogen (secondary N) is 3. The first-order valence-corrected chi connectivity index (χ1v) is 11.2. The molecule has 10 heteroatoms. The van der Waals surface area contributed by atoms with Crippen LogP contribution in [0.1, 0.15) is 30.0 Å². The van der Waals surface area contributed by atoms with Gasteiger partial charge < -0.3 is 24.8 Å². The van der Waals surface area contributed by atoms with E-state index in [1.165, 1.54) is 6.21 Å². The molecule has 0 unspecified atom stereocenters. The number of hydrogen-bond donors (Lipinski definition) is 3. The number of methoxy groups -OCH3 is 1. The highest BCUT2D eigenvalue weighted by Gasteiger charge is 2.12. The molecule has 188 valence electrons. The van der Waals surface area contributed by atoms with Gasteiger partial charge >= 0.3 is 11.8 Å². The van der Waals surface area contributed by atoms with E-state index in [2.05, 4.69) is 21.2 Å². The van der Waals surface area contributed by atoms with Crippen molar-refractivity contribution in [3.63, 3.8) is 0 Å². The summed E-state index contributed by atoms with van der Waals surface area (Å²) < 4.78 is 16.2. The molecule has 0 aromatic heterocycles. The smallest absolute Gasteiger partial charge is 0.329 e. The highest BCUT2D eigenvalue weighted by Crippen LogP contribution is 2.28. The molecule has 3 amide bonds. The largest absolute Gasteiger partial charge is 0.490 e. The summed E-state index contributed by atoms with van der Waals surface area (Å²) >= 11 is 0. The molecule has 0 aliphatic rings. The van der Waals surface area contributed by atoms with Crippen LogP contribution in [0.4, 0.5) is 5.69 Å². The van der Waals surface area contributed by atoms with Crippen LogP contribution in [0.2, 0.25) is 0 Å². The highest BCUT2D eigenvalue weighted by molar-refractivity contribution is 6.35. The normalized spacial score (nSPS) is 10.6. The monoisotopic (exact) mass is 484 g/mol. The van der Waals surface area contributed by atoms with Crippen LogP contribution in [-0.4, -0.2) is 57.4 Å². The molecule has 2 aromatic carbocycles. The van der Waals surface area contributed by atoms with E-state index < -0.39 is 11.8 Å². The zero-order chi connectivity index (χ0) is 25.6. The van der Waals surface area contributed by atoms with Crippen molar-refractivity contribution in [2.24, 2.45) is 5.10 Å². The summed E-state index contributed by atoms with van der Waals surface area (Å²) in [5, 5.41) is 9.12. The molecule has 0 saturated heterocycles. The van der Waals surface area contributed by atoms with Gasteiger partial charge in [-0.1, -0.05) is 12.1 Å². The van der Waals surface area contributed by atoms with Crippen molar-refractivity contribution in [2.75, 3.05) is 38.8 Å². The number of aryl methyl sites for hydroxylation is 1. The zero-order valence-electron chi connectivity index (χ0n) is 20.5. The van der Waals surface area contributed by atoms with Crippen LogP contribution >= 0.6 is 0 Å². The van der Waals surface area contributed by atoms with Crippen LogP contribution in [0.3, 0.4) is 0 Å². The Bertz CT molecular complexity index is 1050. The van der Waals surface area contributed by atoms with Crippen LogP contribution in [0.5, 0.6) is 11.5 Å². The van der Waals surface area contributed by atoms with Gasteiger partial charge in [0.15, 0.2) is 18.1 Å². The van der Waals surface area contributed by atoms with Gasteiger partial charge in [0.25, 0.3) is 5.91 Å². The molecule has 2 aromatic rings. The molecule has 0 radical (unpaired) electrons. The van der Waals surface area contributed by atoms with Gasteiger partial charge in [0.2, 0.25) is 0 Å². The summed E-state index contributed by atoms with van der Waals surface area (Å²) in [6.45, 7) is 6.73. The summed E-state index contributed by atoms with van der Waals surface area (Å²) in [5.41, 5.74) is 5.58. The number of amides is 3. The number of carbonyl (C=O) groups excluding carboxylic acids is 3. The molecule has 35 heavy (non-hydrogen) atoms. The van der Waals surface area contributed by atoms with Gasteiger partial charge in [0.1, 0.15) is 0 Å². The van der Waals surface area contributed by atoms with Crippen molar-refractivity contribution in [1.82, 2.24) is 10.7 Å². The van der Waals surface area contributed by atoms with E-state index in [1.807, 2.05) is 39.0 Å². The summed E-state index contributed by atoms with van der Waals surface area (Å²) in [7, 11) is 1.56. The third-order valence-electron chi connectivity index (χ3n) is 4.90. The van der Waals surface area contributed by atoms with Crippen LogP contribution in [-0.2, 0) is 19.1 Å². The Labute approximate surface area is 205 Å². The number of hydrazone groups is 1. The fourth-order valence-corrected chi connectivity index (χ4v) is 2.92. The second kappa shape index (κ2) is 14.4. The quantitative estimate of drug-likeness (QED) is 0.184. The predicted octanol–water partition coefficient (Wildman–Crippen LogP) is 2.32. The molecule has 10 nitrogen and oxygen atoms in total. The van der Waals surface area contributed by atoms with E-state index in [1.54, 1.807) is 25.3 Å². The minimum atomic E-state index is -0.876. The summed E-state index contributed by atoms with van der Waals surface area (Å²) in [4.78, 5) is 35.9. The maximum absolute atomic E-state index is 12.4. The Morgan fingerprint density at radius 2 is 1.83 bits per heavy atom.